The molecule has 2 atom stereocenters. The number of benzene rings is 1. The van der Waals surface area contributed by atoms with E-state index < -0.39 is 11.7 Å². The van der Waals surface area contributed by atoms with E-state index in [0.717, 1.165) is 12.8 Å². The minimum atomic E-state index is -0.714. The van der Waals surface area contributed by atoms with Gasteiger partial charge in [0.2, 0.25) is 0 Å². The largest absolute Gasteiger partial charge is 0.365 e. The molecule has 0 saturated carbocycles. The van der Waals surface area contributed by atoms with Crippen LogP contribution in [0.2, 0.25) is 5.02 Å². The average molecular weight is 325 g/mol. The van der Waals surface area contributed by atoms with Crippen molar-refractivity contribution in [2.75, 3.05) is 6.54 Å². The Hall–Kier alpha value is -1.99. The lowest BCUT2D eigenvalue weighted by Gasteiger charge is -2.13. The molecule has 1 aliphatic heterocycles. The molecule has 0 aliphatic carbocycles. The molecule has 8 heteroatoms. The first-order valence-corrected chi connectivity index (χ1v) is 7.26. The zero-order chi connectivity index (χ0) is 15.5. The molecule has 0 spiro atoms. The Morgan fingerprint density at radius 1 is 1.50 bits per heavy atom. The summed E-state index contributed by atoms with van der Waals surface area (Å²) in [5, 5.41) is 9.14. The van der Waals surface area contributed by atoms with E-state index in [2.05, 4.69) is 20.5 Å². The summed E-state index contributed by atoms with van der Waals surface area (Å²) in [5.41, 5.74) is -0.0720. The summed E-state index contributed by atoms with van der Waals surface area (Å²) in [6, 6.07) is 4.32. The molecule has 1 saturated heterocycles. The molecular weight excluding hydrogens is 311 g/mol. The molecule has 1 fully saturated rings. The standard InChI is InChI=1S/C14H14ClFN4O2/c15-10-3-1-2-9(12(10)16)14(21)17-6-8-4-5-11(22-8)13-18-7-19-20-13/h1-3,7-8,11H,4-6H2,(H,17,21)(H,18,19,20)/t8-,11+/m1/s1. The van der Waals surface area contributed by atoms with Gasteiger partial charge in [0.05, 0.1) is 16.7 Å². The molecule has 2 N–H and O–H groups in total. The highest BCUT2D eigenvalue weighted by Crippen LogP contribution is 2.30. The first kappa shape index (κ1) is 14.9. The van der Waals surface area contributed by atoms with Crippen molar-refractivity contribution in [1.82, 2.24) is 20.5 Å². The van der Waals surface area contributed by atoms with Gasteiger partial charge in [-0.05, 0) is 25.0 Å². The maximum absolute atomic E-state index is 13.8. The van der Waals surface area contributed by atoms with Crippen molar-refractivity contribution in [2.24, 2.45) is 0 Å². The third kappa shape index (κ3) is 3.10. The molecule has 2 aromatic rings. The van der Waals surface area contributed by atoms with E-state index >= 15 is 0 Å². The Morgan fingerprint density at radius 2 is 2.36 bits per heavy atom. The number of amides is 1. The number of nitrogens with zero attached hydrogens (tertiary/aromatic N) is 2. The van der Waals surface area contributed by atoms with Gasteiger partial charge in [-0.3, -0.25) is 9.89 Å². The maximum Gasteiger partial charge on any atom is 0.254 e. The number of ether oxygens (including phenoxy) is 1. The molecule has 0 radical (unpaired) electrons. The Bertz CT molecular complexity index is 665. The number of hydrogen-bond acceptors (Lipinski definition) is 4. The van der Waals surface area contributed by atoms with E-state index in [1.54, 1.807) is 0 Å². The Balaban J connectivity index is 1.55. The second kappa shape index (κ2) is 6.41. The van der Waals surface area contributed by atoms with Crippen molar-refractivity contribution in [3.63, 3.8) is 0 Å². The van der Waals surface area contributed by atoms with Crippen LogP contribution in [0.4, 0.5) is 4.39 Å². The van der Waals surface area contributed by atoms with Gasteiger partial charge in [-0.1, -0.05) is 17.7 Å². The van der Waals surface area contributed by atoms with Crippen molar-refractivity contribution in [2.45, 2.75) is 25.0 Å². The van der Waals surface area contributed by atoms with Crippen molar-refractivity contribution in [3.8, 4) is 0 Å². The Morgan fingerprint density at radius 3 is 3.14 bits per heavy atom. The van der Waals surface area contributed by atoms with Crippen molar-refractivity contribution >= 4 is 17.5 Å². The summed E-state index contributed by atoms with van der Waals surface area (Å²) in [4.78, 5) is 16.0. The van der Waals surface area contributed by atoms with Crippen LogP contribution in [-0.2, 0) is 4.74 Å². The number of carbonyl (C=O) groups is 1. The van der Waals surface area contributed by atoms with Gasteiger partial charge in [-0.25, -0.2) is 9.37 Å². The summed E-state index contributed by atoms with van der Waals surface area (Å²) >= 11 is 5.67. The van der Waals surface area contributed by atoms with Crippen LogP contribution in [-0.4, -0.2) is 33.7 Å². The number of halogens is 2. The number of carbonyl (C=O) groups excluding carboxylic acids is 1. The van der Waals surface area contributed by atoms with E-state index in [1.807, 2.05) is 0 Å². The van der Waals surface area contributed by atoms with Gasteiger partial charge in [-0.15, -0.1) is 0 Å². The van der Waals surface area contributed by atoms with Crippen LogP contribution in [0.1, 0.15) is 35.1 Å². The van der Waals surface area contributed by atoms with Gasteiger partial charge >= 0.3 is 0 Å². The SMILES string of the molecule is O=C(NC[C@H]1CC[C@@H](c2ncn[nH]2)O1)c1cccc(Cl)c1F. The van der Waals surface area contributed by atoms with E-state index in [9.17, 15) is 9.18 Å². The lowest BCUT2D eigenvalue weighted by Crippen LogP contribution is -2.32. The number of aromatic amines is 1. The van der Waals surface area contributed by atoms with Crippen molar-refractivity contribution in [1.29, 1.82) is 0 Å². The maximum atomic E-state index is 13.8. The fourth-order valence-corrected chi connectivity index (χ4v) is 2.58. The molecule has 22 heavy (non-hydrogen) atoms. The first-order chi connectivity index (χ1) is 10.6. The highest BCUT2D eigenvalue weighted by Gasteiger charge is 2.28. The number of hydrogen-bond donors (Lipinski definition) is 2. The Labute approximate surface area is 131 Å². The lowest BCUT2D eigenvalue weighted by molar-refractivity contribution is 0.0392. The third-order valence-electron chi connectivity index (χ3n) is 3.53. The van der Waals surface area contributed by atoms with Crippen molar-refractivity contribution in [3.05, 3.63) is 46.8 Å². The molecule has 1 aromatic heterocycles. The van der Waals surface area contributed by atoms with Gasteiger partial charge in [0, 0.05) is 6.54 Å². The van der Waals surface area contributed by atoms with Gasteiger partial charge < -0.3 is 10.1 Å². The van der Waals surface area contributed by atoms with Crippen LogP contribution in [0.3, 0.4) is 0 Å². The van der Waals surface area contributed by atoms with Crippen LogP contribution in [0, 0.1) is 5.82 Å². The number of H-pyrrole nitrogens is 1. The van der Waals surface area contributed by atoms with Crippen LogP contribution >= 0.6 is 11.6 Å². The van der Waals surface area contributed by atoms with Gasteiger partial charge in [0.1, 0.15) is 12.4 Å². The van der Waals surface area contributed by atoms with Gasteiger partial charge in [-0.2, -0.15) is 5.10 Å². The summed E-state index contributed by atoms with van der Waals surface area (Å²) < 4.78 is 19.5. The van der Waals surface area contributed by atoms with Gasteiger partial charge in [0.25, 0.3) is 5.91 Å². The van der Waals surface area contributed by atoms with E-state index in [-0.39, 0.29) is 22.8 Å². The summed E-state index contributed by atoms with van der Waals surface area (Å²) in [5.74, 6) is -0.546. The number of nitrogens with one attached hydrogen (secondary N) is 2. The van der Waals surface area contributed by atoms with Crippen LogP contribution in [0.5, 0.6) is 0 Å². The van der Waals surface area contributed by atoms with Crippen LogP contribution < -0.4 is 5.32 Å². The second-order valence-electron chi connectivity index (χ2n) is 5.01. The highest BCUT2D eigenvalue weighted by molar-refractivity contribution is 6.31. The molecule has 1 aromatic carbocycles. The minimum Gasteiger partial charge on any atom is -0.365 e. The first-order valence-electron chi connectivity index (χ1n) is 6.88. The highest BCUT2D eigenvalue weighted by atomic mass is 35.5. The van der Waals surface area contributed by atoms with Crippen molar-refractivity contribution < 1.29 is 13.9 Å². The molecule has 0 bridgehead atoms. The van der Waals surface area contributed by atoms with Crippen LogP contribution in [0.25, 0.3) is 0 Å². The third-order valence-corrected chi connectivity index (χ3v) is 3.82. The average Bonchev–Trinajstić information content (AvgIpc) is 3.18. The molecule has 2 heterocycles. The molecule has 0 unspecified atom stereocenters. The second-order valence-corrected chi connectivity index (χ2v) is 5.41. The number of rotatable bonds is 4. The monoisotopic (exact) mass is 324 g/mol. The molecule has 3 rings (SSSR count). The zero-order valence-electron chi connectivity index (χ0n) is 11.6. The summed E-state index contributed by atoms with van der Waals surface area (Å²) in [6.45, 7) is 0.301. The van der Waals surface area contributed by atoms with E-state index in [0.29, 0.717) is 12.4 Å². The smallest absolute Gasteiger partial charge is 0.254 e. The molecule has 1 amide bonds. The number of aromatic nitrogens is 3. The molecule has 6 nitrogen and oxygen atoms in total. The topological polar surface area (TPSA) is 79.9 Å². The molecule has 1 aliphatic rings. The van der Waals surface area contributed by atoms with Gasteiger partial charge in [0.15, 0.2) is 11.6 Å². The Kier molecular flexibility index (Phi) is 4.35. The fourth-order valence-electron chi connectivity index (χ4n) is 2.41. The van der Waals surface area contributed by atoms with E-state index in [4.69, 9.17) is 16.3 Å². The molecular formula is C14H14ClFN4O2. The minimum absolute atomic E-state index is 0.0720. The zero-order valence-corrected chi connectivity index (χ0v) is 12.3. The predicted molar refractivity (Wildman–Crippen MR) is 77.0 cm³/mol. The van der Waals surface area contributed by atoms with E-state index in [1.165, 1.54) is 24.5 Å². The normalized spacial score (nSPS) is 21.0. The molecule has 116 valence electrons. The summed E-state index contributed by atoms with van der Waals surface area (Å²) in [6.07, 6.45) is 2.72. The summed E-state index contributed by atoms with van der Waals surface area (Å²) in [7, 11) is 0. The quantitative estimate of drug-likeness (QED) is 0.904. The predicted octanol–water partition coefficient (Wildman–Crippen LogP) is 2.25. The van der Waals surface area contributed by atoms with Crippen LogP contribution in [0.15, 0.2) is 24.5 Å². The lowest BCUT2D eigenvalue weighted by atomic mass is 10.1. The fraction of sp³-hybridized carbons (Fsp3) is 0.357.